The zero-order chi connectivity index (χ0) is 21.9. The van der Waals surface area contributed by atoms with Crippen molar-refractivity contribution in [1.82, 2.24) is 14.8 Å². The molecular formula is C20H18ClF3N4OS. The van der Waals surface area contributed by atoms with Gasteiger partial charge in [0.2, 0.25) is 5.91 Å². The van der Waals surface area contributed by atoms with Crippen LogP contribution in [0.2, 0.25) is 5.02 Å². The molecule has 30 heavy (non-hydrogen) atoms. The van der Waals surface area contributed by atoms with E-state index in [2.05, 4.69) is 15.5 Å². The molecule has 0 radical (unpaired) electrons. The molecule has 0 saturated heterocycles. The first-order valence-corrected chi connectivity index (χ1v) is 10.3. The van der Waals surface area contributed by atoms with Crippen molar-refractivity contribution in [1.29, 1.82) is 0 Å². The number of carbonyl (C=O) groups is 1. The second-order valence-corrected chi connectivity index (χ2v) is 8.13. The Morgan fingerprint density at radius 3 is 2.53 bits per heavy atom. The van der Waals surface area contributed by atoms with E-state index in [1.165, 1.54) is 23.9 Å². The van der Waals surface area contributed by atoms with Crippen molar-refractivity contribution < 1.29 is 18.0 Å². The summed E-state index contributed by atoms with van der Waals surface area (Å²) in [6.07, 6.45) is -4.48. The number of halogens is 4. The monoisotopic (exact) mass is 454 g/mol. The molecule has 1 amide bonds. The third kappa shape index (κ3) is 5.14. The quantitative estimate of drug-likeness (QED) is 0.481. The van der Waals surface area contributed by atoms with Crippen molar-refractivity contribution in [3.8, 4) is 11.4 Å². The number of hydrogen-bond acceptors (Lipinski definition) is 4. The van der Waals surface area contributed by atoms with Gasteiger partial charge in [0.25, 0.3) is 0 Å². The molecule has 2 aromatic carbocycles. The maximum atomic E-state index is 12.9. The molecule has 0 aliphatic rings. The minimum absolute atomic E-state index is 0.0843. The van der Waals surface area contributed by atoms with Crippen LogP contribution in [0.3, 0.4) is 0 Å². The molecule has 1 N–H and O–H groups in total. The second kappa shape index (κ2) is 9.09. The number of nitrogens with zero attached hydrogens (tertiary/aromatic N) is 3. The molecule has 0 saturated carbocycles. The Hall–Kier alpha value is -2.52. The predicted octanol–water partition coefficient (Wildman–Crippen LogP) is 5.76. The second-order valence-electron chi connectivity index (χ2n) is 6.39. The van der Waals surface area contributed by atoms with E-state index in [0.717, 1.165) is 17.7 Å². The minimum atomic E-state index is -4.48. The van der Waals surface area contributed by atoms with E-state index < -0.39 is 22.9 Å². The standard InChI is InChI=1S/C20H18ClF3N4OS/c1-3-28-17(13-7-9-15(21)10-8-13)26-27-19(28)30-12(2)18(29)25-16-6-4-5-14(11-16)20(22,23)24/h4-12H,3H2,1-2H3,(H,25,29)/t12-/m1/s1. The van der Waals surface area contributed by atoms with Gasteiger partial charge in [0.05, 0.1) is 10.8 Å². The van der Waals surface area contributed by atoms with Gasteiger partial charge in [-0.15, -0.1) is 10.2 Å². The minimum Gasteiger partial charge on any atom is -0.325 e. The van der Waals surface area contributed by atoms with Crippen molar-refractivity contribution >= 4 is 35.0 Å². The van der Waals surface area contributed by atoms with Gasteiger partial charge in [-0.2, -0.15) is 13.2 Å². The average molecular weight is 455 g/mol. The highest BCUT2D eigenvalue weighted by Crippen LogP contribution is 2.31. The van der Waals surface area contributed by atoms with Crippen LogP contribution in [0.1, 0.15) is 19.4 Å². The van der Waals surface area contributed by atoms with Crippen LogP contribution in [-0.4, -0.2) is 25.9 Å². The highest BCUT2D eigenvalue weighted by molar-refractivity contribution is 8.00. The maximum Gasteiger partial charge on any atom is 0.416 e. The molecule has 10 heteroatoms. The fourth-order valence-electron chi connectivity index (χ4n) is 2.70. The summed E-state index contributed by atoms with van der Waals surface area (Å²) in [5.74, 6) is 0.208. The van der Waals surface area contributed by atoms with Gasteiger partial charge >= 0.3 is 6.18 Å². The first-order valence-electron chi connectivity index (χ1n) is 9.03. The summed E-state index contributed by atoms with van der Waals surface area (Å²) in [6, 6.07) is 11.7. The van der Waals surface area contributed by atoms with Crippen molar-refractivity contribution in [3.63, 3.8) is 0 Å². The van der Waals surface area contributed by atoms with Gasteiger partial charge in [0.15, 0.2) is 11.0 Å². The van der Waals surface area contributed by atoms with Gasteiger partial charge in [-0.25, -0.2) is 0 Å². The summed E-state index contributed by atoms with van der Waals surface area (Å²) in [6.45, 7) is 4.17. The fraction of sp³-hybridized carbons (Fsp3) is 0.250. The van der Waals surface area contributed by atoms with Crippen LogP contribution in [0.4, 0.5) is 18.9 Å². The van der Waals surface area contributed by atoms with Gasteiger partial charge in [-0.05, 0) is 56.3 Å². The summed E-state index contributed by atoms with van der Waals surface area (Å²) < 4.78 is 40.4. The predicted molar refractivity (Wildman–Crippen MR) is 112 cm³/mol. The van der Waals surface area contributed by atoms with Crippen LogP contribution in [0.25, 0.3) is 11.4 Å². The highest BCUT2D eigenvalue weighted by Gasteiger charge is 2.30. The molecule has 0 spiro atoms. The van der Waals surface area contributed by atoms with Crippen molar-refractivity contribution in [3.05, 3.63) is 59.1 Å². The molecule has 1 atom stereocenters. The zero-order valence-corrected chi connectivity index (χ0v) is 17.6. The van der Waals surface area contributed by atoms with Crippen LogP contribution in [-0.2, 0) is 17.5 Å². The molecule has 0 unspecified atom stereocenters. The van der Waals surface area contributed by atoms with E-state index >= 15 is 0 Å². The van der Waals surface area contributed by atoms with Crippen molar-refractivity contribution in [2.75, 3.05) is 5.32 Å². The van der Waals surface area contributed by atoms with Gasteiger partial charge in [-0.3, -0.25) is 4.79 Å². The summed E-state index contributed by atoms with van der Waals surface area (Å²) in [7, 11) is 0. The topological polar surface area (TPSA) is 59.8 Å². The van der Waals surface area contributed by atoms with Crippen LogP contribution >= 0.6 is 23.4 Å². The number of rotatable bonds is 6. The molecule has 5 nitrogen and oxygen atoms in total. The Morgan fingerprint density at radius 2 is 1.90 bits per heavy atom. The Labute approximate surface area is 180 Å². The number of nitrogens with one attached hydrogen (secondary N) is 1. The van der Waals surface area contributed by atoms with E-state index in [1.807, 2.05) is 23.6 Å². The molecule has 0 fully saturated rings. The molecule has 158 valence electrons. The highest BCUT2D eigenvalue weighted by atomic mass is 35.5. The Balaban J connectivity index is 1.74. The normalized spacial score (nSPS) is 12.6. The molecule has 0 bridgehead atoms. The smallest absolute Gasteiger partial charge is 0.325 e. The van der Waals surface area contributed by atoms with Gasteiger partial charge < -0.3 is 9.88 Å². The zero-order valence-electron chi connectivity index (χ0n) is 16.1. The summed E-state index contributed by atoms with van der Waals surface area (Å²) in [5.41, 5.74) is 0.0988. The van der Waals surface area contributed by atoms with Gasteiger partial charge in [-0.1, -0.05) is 29.4 Å². The molecular weight excluding hydrogens is 437 g/mol. The van der Waals surface area contributed by atoms with E-state index in [-0.39, 0.29) is 5.69 Å². The lowest BCUT2D eigenvalue weighted by atomic mass is 10.2. The fourth-order valence-corrected chi connectivity index (χ4v) is 3.74. The SMILES string of the molecule is CCn1c(S[C@H](C)C(=O)Nc2cccc(C(F)(F)F)c2)nnc1-c1ccc(Cl)cc1. The third-order valence-corrected chi connectivity index (χ3v) is 5.58. The van der Waals surface area contributed by atoms with Gasteiger partial charge in [0, 0.05) is 22.8 Å². The lowest BCUT2D eigenvalue weighted by Crippen LogP contribution is -2.23. The first kappa shape index (κ1) is 22.2. The van der Waals surface area contributed by atoms with Crippen LogP contribution in [0.5, 0.6) is 0 Å². The molecule has 1 heterocycles. The van der Waals surface area contributed by atoms with E-state index in [9.17, 15) is 18.0 Å². The Kier molecular flexibility index (Phi) is 6.72. The maximum absolute atomic E-state index is 12.9. The number of carbonyl (C=O) groups excluding carboxylic acids is 1. The Bertz CT molecular complexity index is 1040. The first-order chi connectivity index (χ1) is 14.2. The summed E-state index contributed by atoms with van der Waals surface area (Å²) in [4.78, 5) is 12.5. The molecule has 1 aromatic heterocycles. The third-order valence-electron chi connectivity index (χ3n) is 4.24. The van der Waals surface area contributed by atoms with Crippen LogP contribution in [0.15, 0.2) is 53.7 Å². The number of anilines is 1. The number of alkyl halides is 3. The lowest BCUT2D eigenvalue weighted by Gasteiger charge is -2.14. The van der Waals surface area contributed by atoms with Gasteiger partial charge in [0.1, 0.15) is 0 Å². The summed E-state index contributed by atoms with van der Waals surface area (Å²) >= 11 is 7.11. The molecule has 0 aliphatic heterocycles. The van der Waals surface area contributed by atoms with Crippen LogP contribution in [0, 0.1) is 0 Å². The van der Waals surface area contributed by atoms with E-state index in [4.69, 9.17) is 11.6 Å². The van der Waals surface area contributed by atoms with Crippen molar-refractivity contribution in [2.45, 2.75) is 37.0 Å². The number of benzene rings is 2. The number of aromatic nitrogens is 3. The van der Waals surface area contributed by atoms with E-state index in [1.54, 1.807) is 19.1 Å². The number of amides is 1. The lowest BCUT2D eigenvalue weighted by molar-refractivity contribution is -0.137. The number of thioether (sulfide) groups is 1. The molecule has 3 aromatic rings. The van der Waals surface area contributed by atoms with E-state index in [0.29, 0.717) is 22.5 Å². The number of hydrogen-bond donors (Lipinski definition) is 1. The van der Waals surface area contributed by atoms with Crippen LogP contribution < -0.4 is 5.32 Å². The van der Waals surface area contributed by atoms with Crippen molar-refractivity contribution in [2.24, 2.45) is 0 Å². The molecule has 3 rings (SSSR count). The molecule has 0 aliphatic carbocycles. The summed E-state index contributed by atoms with van der Waals surface area (Å²) in [5, 5.41) is 11.5. The average Bonchev–Trinajstić information content (AvgIpc) is 3.10. The largest absolute Gasteiger partial charge is 0.416 e. The Morgan fingerprint density at radius 1 is 1.20 bits per heavy atom.